The molecule has 1 aromatic heterocycles. The van der Waals surface area contributed by atoms with Gasteiger partial charge in [-0.05, 0) is 37.4 Å². The van der Waals surface area contributed by atoms with Crippen LogP contribution in [0.2, 0.25) is 5.02 Å². The molecule has 2 fully saturated rings. The molecule has 116 valence electrons. The minimum absolute atomic E-state index is 0.763. The van der Waals surface area contributed by atoms with Gasteiger partial charge in [-0.3, -0.25) is 4.90 Å². The fourth-order valence-electron chi connectivity index (χ4n) is 2.93. The van der Waals surface area contributed by atoms with Crippen LogP contribution in [0, 0.1) is 0 Å². The summed E-state index contributed by atoms with van der Waals surface area (Å²) in [6.07, 6.45) is 5.73. The average Bonchev–Trinajstić information content (AvgIpc) is 3.34. The molecule has 1 saturated heterocycles. The van der Waals surface area contributed by atoms with E-state index in [1.54, 1.807) is 6.20 Å². The zero-order valence-corrected chi connectivity index (χ0v) is 13.6. The summed E-state index contributed by atoms with van der Waals surface area (Å²) in [6.45, 7) is 8.50. The van der Waals surface area contributed by atoms with Gasteiger partial charge in [0, 0.05) is 45.0 Å². The lowest BCUT2D eigenvalue weighted by atomic mass is 10.2. The monoisotopic (exact) mass is 308 g/mol. The van der Waals surface area contributed by atoms with E-state index in [0.29, 0.717) is 0 Å². The molecule has 0 atom stereocenters. The van der Waals surface area contributed by atoms with E-state index in [-0.39, 0.29) is 0 Å². The van der Waals surface area contributed by atoms with Crippen molar-refractivity contribution in [3.05, 3.63) is 22.8 Å². The van der Waals surface area contributed by atoms with Gasteiger partial charge >= 0.3 is 0 Å². The Balaban J connectivity index is 1.60. The fourth-order valence-corrected chi connectivity index (χ4v) is 3.10. The number of piperazine rings is 1. The summed E-state index contributed by atoms with van der Waals surface area (Å²) < 4.78 is 0. The Morgan fingerprint density at radius 3 is 2.71 bits per heavy atom. The highest BCUT2D eigenvalue weighted by Crippen LogP contribution is 2.28. The Morgan fingerprint density at radius 1 is 1.29 bits per heavy atom. The molecule has 0 bridgehead atoms. The maximum absolute atomic E-state index is 6.26. The highest BCUT2D eigenvalue weighted by Gasteiger charge is 2.31. The molecule has 2 aliphatic rings. The molecule has 1 aliphatic carbocycles. The van der Waals surface area contributed by atoms with Crippen molar-refractivity contribution >= 4 is 17.4 Å². The van der Waals surface area contributed by atoms with Gasteiger partial charge in [-0.2, -0.15) is 0 Å². The molecule has 0 unspecified atom stereocenters. The number of pyridine rings is 1. The second-order valence-corrected chi connectivity index (χ2v) is 6.47. The first-order valence-electron chi connectivity index (χ1n) is 8.12. The molecular weight excluding hydrogens is 284 g/mol. The molecule has 0 radical (unpaired) electrons. The van der Waals surface area contributed by atoms with E-state index in [1.807, 2.05) is 0 Å². The minimum atomic E-state index is 0.763. The molecule has 21 heavy (non-hydrogen) atoms. The Morgan fingerprint density at radius 2 is 2.05 bits per heavy atom. The molecule has 1 saturated carbocycles. The first-order chi connectivity index (χ1) is 10.3. The van der Waals surface area contributed by atoms with E-state index in [1.165, 1.54) is 25.9 Å². The Hall–Kier alpha value is -0.840. The van der Waals surface area contributed by atoms with Crippen molar-refractivity contribution < 1.29 is 0 Å². The lowest BCUT2D eigenvalue weighted by Gasteiger charge is -2.35. The molecule has 0 spiro atoms. The number of rotatable bonds is 6. The van der Waals surface area contributed by atoms with E-state index in [2.05, 4.69) is 33.1 Å². The van der Waals surface area contributed by atoms with E-state index in [4.69, 9.17) is 11.6 Å². The van der Waals surface area contributed by atoms with Crippen molar-refractivity contribution in [2.24, 2.45) is 0 Å². The van der Waals surface area contributed by atoms with Crippen LogP contribution in [-0.4, -0.2) is 48.6 Å². The zero-order valence-electron chi connectivity index (χ0n) is 12.8. The second-order valence-electron chi connectivity index (χ2n) is 6.06. The van der Waals surface area contributed by atoms with Crippen molar-refractivity contribution in [3.63, 3.8) is 0 Å². The van der Waals surface area contributed by atoms with Crippen LogP contribution in [0.15, 0.2) is 12.3 Å². The summed E-state index contributed by atoms with van der Waals surface area (Å²) in [5.41, 5.74) is 1.15. The van der Waals surface area contributed by atoms with Gasteiger partial charge in [0.05, 0.1) is 5.02 Å². The van der Waals surface area contributed by atoms with E-state index in [0.717, 1.165) is 55.0 Å². The van der Waals surface area contributed by atoms with Crippen LogP contribution in [0.25, 0.3) is 0 Å². The van der Waals surface area contributed by atoms with Crippen molar-refractivity contribution in [2.45, 2.75) is 38.8 Å². The SMILES string of the molecule is CCCNCc1cc(N2CCN(C3CC3)CC2)ncc1Cl. The largest absolute Gasteiger partial charge is 0.354 e. The Kier molecular flexibility index (Phi) is 4.99. The van der Waals surface area contributed by atoms with Gasteiger partial charge in [-0.25, -0.2) is 4.98 Å². The van der Waals surface area contributed by atoms with Crippen molar-refractivity contribution in [3.8, 4) is 0 Å². The molecule has 1 aliphatic heterocycles. The normalized spacial score (nSPS) is 20.0. The number of hydrogen-bond donors (Lipinski definition) is 1. The molecule has 0 amide bonds. The summed E-state index contributed by atoms with van der Waals surface area (Å²) in [7, 11) is 0. The van der Waals surface area contributed by atoms with Gasteiger partial charge in [0.2, 0.25) is 0 Å². The van der Waals surface area contributed by atoms with Crippen LogP contribution in [0.4, 0.5) is 5.82 Å². The van der Waals surface area contributed by atoms with Crippen molar-refractivity contribution in [2.75, 3.05) is 37.6 Å². The molecule has 0 aromatic carbocycles. The predicted octanol–water partition coefficient (Wildman–Crippen LogP) is 2.52. The van der Waals surface area contributed by atoms with Crippen LogP contribution in [0.1, 0.15) is 31.7 Å². The number of anilines is 1. The molecule has 5 heteroatoms. The van der Waals surface area contributed by atoms with Gasteiger partial charge in [0.1, 0.15) is 5.82 Å². The van der Waals surface area contributed by atoms with E-state index in [9.17, 15) is 0 Å². The van der Waals surface area contributed by atoms with Crippen LogP contribution in [-0.2, 0) is 6.54 Å². The maximum atomic E-state index is 6.26. The number of nitrogens with zero attached hydrogens (tertiary/aromatic N) is 3. The number of hydrogen-bond acceptors (Lipinski definition) is 4. The molecule has 2 heterocycles. The van der Waals surface area contributed by atoms with E-state index < -0.39 is 0 Å². The molecule has 1 aromatic rings. The summed E-state index contributed by atoms with van der Waals surface area (Å²) in [4.78, 5) is 9.53. The Bertz CT molecular complexity index is 467. The highest BCUT2D eigenvalue weighted by molar-refractivity contribution is 6.31. The quantitative estimate of drug-likeness (QED) is 0.818. The summed E-state index contributed by atoms with van der Waals surface area (Å²) in [6, 6.07) is 3.02. The zero-order chi connectivity index (χ0) is 14.7. The van der Waals surface area contributed by atoms with Gasteiger partial charge in [-0.1, -0.05) is 18.5 Å². The number of nitrogens with one attached hydrogen (secondary N) is 1. The fraction of sp³-hybridized carbons (Fsp3) is 0.688. The van der Waals surface area contributed by atoms with E-state index >= 15 is 0 Å². The van der Waals surface area contributed by atoms with Crippen LogP contribution in [0.3, 0.4) is 0 Å². The molecule has 4 nitrogen and oxygen atoms in total. The third-order valence-electron chi connectivity index (χ3n) is 4.36. The topological polar surface area (TPSA) is 31.4 Å². The number of aromatic nitrogens is 1. The van der Waals surface area contributed by atoms with Crippen molar-refractivity contribution in [1.29, 1.82) is 0 Å². The number of halogens is 1. The summed E-state index contributed by atoms with van der Waals surface area (Å²) >= 11 is 6.26. The van der Waals surface area contributed by atoms with Crippen molar-refractivity contribution in [1.82, 2.24) is 15.2 Å². The Labute approximate surface area is 132 Å². The van der Waals surface area contributed by atoms with Crippen LogP contribution in [0.5, 0.6) is 0 Å². The van der Waals surface area contributed by atoms with Crippen LogP contribution < -0.4 is 10.2 Å². The smallest absolute Gasteiger partial charge is 0.128 e. The summed E-state index contributed by atoms with van der Waals surface area (Å²) in [5, 5.41) is 4.18. The lowest BCUT2D eigenvalue weighted by molar-refractivity contribution is 0.247. The second kappa shape index (κ2) is 6.95. The highest BCUT2D eigenvalue weighted by atomic mass is 35.5. The van der Waals surface area contributed by atoms with Gasteiger partial charge in [0.25, 0.3) is 0 Å². The minimum Gasteiger partial charge on any atom is -0.354 e. The third-order valence-corrected chi connectivity index (χ3v) is 4.70. The molecule has 3 rings (SSSR count). The summed E-state index contributed by atoms with van der Waals surface area (Å²) in [5.74, 6) is 1.07. The third kappa shape index (κ3) is 3.87. The standard InChI is InChI=1S/C16H25ClN4/c1-2-5-18-11-13-10-16(19-12-15(13)17)21-8-6-20(7-9-21)14-3-4-14/h10,12,14,18H,2-9,11H2,1H3. The molecule has 1 N–H and O–H groups in total. The van der Waals surface area contributed by atoms with Gasteiger partial charge < -0.3 is 10.2 Å². The average molecular weight is 309 g/mol. The van der Waals surface area contributed by atoms with Crippen LogP contribution >= 0.6 is 11.6 Å². The lowest BCUT2D eigenvalue weighted by Crippen LogP contribution is -2.47. The predicted molar refractivity (Wildman–Crippen MR) is 88.1 cm³/mol. The van der Waals surface area contributed by atoms with Gasteiger partial charge in [-0.15, -0.1) is 0 Å². The van der Waals surface area contributed by atoms with Gasteiger partial charge in [0.15, 0.2) is 0 Å². The first-order valence-corrected chi connectivity index (χ1v) is 8.50. The molecular formula is C16H25ClN4. The maximum Gasteiger partial charge on any atom is 0.128 e. The first kappa shape index (κ1) is 15.1.